The molecular weight excluding hydrogens is 316 g/mol. The van der Waals surface area contributed by atoms with Crippen LogP contribution in [-0.4, -0.2) is 40.9 Å². The van der Waals surface area contributed by atoms with Crippen LogP contribution in [0.3, 0.4) is 0 Å². The van der Waals surface area contributed by atoms with Gasteiger partial charge in [0, 0.05) is 26.7 Å². The van der Waals surface area contributed by atoms with E-state index in [-0.39, 0.29) is 0 Å². The summed E-state index contributed by atoms with van der Waals surface area (Å²) in [6, 6.07) is 0. The van der Waals surface area contributed by atoms with Crippen molar-refractivity contribution in [2.24, 2.45) is 12.5 Å². The molecule has 1 N–H and O–H groups in total. The molecule has 0 bridgehead atoms. The molecule has 1 aromatic heterocycles. The van der Waals surface area contributed by atoms with Crippen LogP contribution in [0.1, 0.15) is 37.1 Å². The van der Waals surface area contributed by atoms with E-state index >= 15 is 0 Å². The lowest BCUT2D eigenvalue weighted by atomic mass is 9.74. The molecule has 1 spiro atoms. The topological polar surface area (TPSA) is 33.1 Å². The summed E-state index contributed by atoms with van der Waals surface area (Å²) in [5.74, 6) is 0. The number of likely N-dealkylation sites (tertiary alicyclic amines) is 1. The van der Waals surface area contributed by atoms with E-state index < -0.39 is 0 Å². The van der Waals surface area contributed by atoms with Crippen LogP contribution >= 0.6 is 15.9 Å². The van der Waals surface area contributed by atoms with Crippen LogP contribution in [0.4, 0.5) is 0 Å². The van der Waals surface area contributed by atoms with Gasteiger partial charge in [0.2, 0.25) is 0 Å². The van der Waals surface area contributed by atoms with Crippen LogP contribution in [0.25, 0.3) is 0 Å². The summed E-state index contributed by atoms with van der Waals surface area (Å²) in [7, 11) is 2.05. The predicted molar refractivity (Wildman–Crippen MR) is 84.7 cm³/mol. The Kier molecular flexibility index (Phi) is 4.20. The zero-order chi connectivity index (χ0) is 14.2. The molecule has 1 aromatic rings. The van der Waals surface area contributed by atoms with Crippen LogP contribution in [-0.2, 0) is 13.6 Å². The van der Waals surface area contributed by atoms with Gasteiger partial charge in [0.25, 0.3) is 0 Å². The van der Waals surface area contributed by atoms with Crippen LogP contribution in [0.15, 0.2) is 4.47 Å². The van der Waals surface area contributed by atoms with E-state index in [1.54, 1.807) is 0 Å². The van der Waals surface area contributed by atoms with Crippen molar-refractivity contribution in [2.45, 2.75) is 39.2 Å². The Morgan fingerprint density at radius 2 is 2.15 bits per heavy atom. The van der Waals surface area contributed by atoms with Gasteiger partial charge in [0.1, 0.15) is 0 Å². The zero-order valence-electron chi connectivity index (χ0n) is 12.6. The van der Waals surface area contributed by atoms with E-state index in [1.807, 2.05) is 4.68 Å². The SMILES string of the molecule is Cc1nn(C)c(CN2CCCC3(CCCNC3)C2)c1Br. The van der Waals surface area contributed by atoms with Gasteiger partial charge in [-0.2, -0.15) is 5.10 Å². The van der Waals surface area contributed by atoms with Crippen molar-refractivity contribution >= 4 is 15.9 Å². The minimum absolute atomic E-state index is 0.524. The van der Waals surface area contributed by atoms with Gasteiger partial charge < -0.3 is 5.32 Å². The largest absolute Gasteiger partial charge is 0.316 e. The van der Waals surface area contributed by atoms with E-state index in [2.05, 4.69) is 45.2 Å². The van der Waals surface area contributed by atoms with Gasteiger partial charge in [-0.1, -0.05) is 0 Å². The average molecular weight is 341 g/mol. The second-order valence-corrected chi connectivity index (χ2v) is 7.36. The summed E-state index contributed by atoms with van der Waals surface area (Å²) in [5, 5.41) is 8.11. The number of piperidine rings is 2. The summed E-state index contributed by atoms with van der Waals surface area (Å²) < 4.78 is 3.21. The van der Waals surface area contributed by atoms with Crippen molar-refractivity contribution in [3.8, 4) is 0 Å². The number of nitrogens with one attached hydrogen (secondary N) is 1. The lowest BCUT2D eigenvalue weighted by Crippen LogP contribution is -2.50. The predicted octanol–water partition coefficient (Wildman–Crippen LogP) is 2.46. The lowest BCUT2D eigenvalue weighted by Gasteiger charge is -2.45. The molecule has 2 aliphatic heterocycles. The third kappa shape index (κ3) is 2.81. The molecule has 3 heterocycles. The highest BCUT2D eigenvalue weighted by Crippen LogP contribution is 2.36. The van der Waals surface area contributed by atoms with Gasteiger partial charge in [-0.3, -0.25) is 9.58 Å². The fraction of sp³-hybridized carbons (Fsp3) is 0.800. The first kappa shape index (κ1) is 14.5. The summed E-state index contributed by atoms with van der Waals surface area (Å²) in [6.45, 7) is 7.94. The highest BCUT2D eigenvalue weighted by atomic mass is 79.9. The van der Waals surface area contributed by atoms with Crippen molar-refractivity contribution < 1.29 is 0 Å². The van der Waals surface area contributed by atoms with E-state index in [0.717, 1.165) is 12.2 Å². The Labute approximate surface area is 130 Å². The van der Waals surface area contributed by atoms with Crippen molar-refractivity contribution in [3.05, 3.63) is 15.9 Å². The molecule has 20 heavy (non-hydrogen) atoms. The zero-order valence-corrected chi connectivity index (χ0v) is 14.2. The lowest BCUT2D eigenvalue weighted by molar-refractivity contribution is 0.0585. The summed E-state index contributed by atoms with van der Waals surface area (Å²) in [4.78, 5) is 2.62. The smallest absolute Gasteiger partial charge is 0.0739 e. The number of rotatable bonds is 2. The highest BCUT2D eigenvalue weighted by Gasteiger charge is 2.36. The number of halogens is 1. The number of hydrogen-bond donors (Lipinski definition) is 1. The van der Waals surface area contributed by atoms with E-state index in [4.69, 9.17) is 0 Å². The maximum atomic E-state index is 4.51. The monoisotopic (exact) mass is 340 g/mol. The molecule has 0 aliphatic carbocycles. The van der Waals surface area contributed by atoms with E-state index in [9.17, 15) is 0 Å². The van der Waals surface area contributed by atoms with Gasteiger partial charge in [0.05, 0.1) is 15.9 Å². The number of aromatic nitrogens is 2. The van der Waals surface area contributed by atoms with Crippen molar-refractivity contribution in [1.29, 1.82) is 0 Å². The van der Waals surface area contributed by atoms with Gasteiger partial charge in [-0.15, -0.1) is 0 Å². The Morgan fingerprint density at radius 3 is 2.80 bits per heavy atom. The highest BCUT2D eigenvalue weighted by molar-refractivity contribution is 9.10. The number of hydrogen-bond acceptors (Lipinski definition) is 3. The molecule has 5 heteroatoms. The number of nitrogens with zero attached hydrogens (tertiary/aromatic N) is 3. The normalized spacial score (nSPS) is 28.1. The summed E-state index contributed by atoms with van der Waals surface area (Å²) in [5.41, 5.74) is 2.92. The molecule has 112 valence electrons. The van der Waals surface area contributed by atoms with Crippen LogP contribution in [0.2, 0.25) is 0 Å². The van der Waals surface area contributed by atoms with Crippen LogP contribution < -0.4 is 5.32 Å². The van der Waals surface area contributed by atoms with Crippen LogP contribution in [0, 0.1) is 12.3 Å². The molecule has 1 atom stereocenters. The maximum Gasteiger partial charge on any atom is 0.0739 e. The Bertz CT molecular complexity index is 471. The first-order valence-electron chi connectivity index (χ1n) is 7.71. The van der Waals surface area contributed by atoms with E-state index in [0.29, 0.717) is 5.41 Å². The van der Waals surface area contributed by atoms with Crippen molar-refractivity contribution in [3.63, 3.8) is 0 Å². The molecule has 4 nitrogen and oxygen atoms in total. The second kappa shape index (κ2) is 5.78. The Morgan fingerprint density at radius 1 is 1.35 bits per heavy atom. The molecule has 0 radical (unpaired) electrons. The molecule has 0 aromatic carbocycles. The Hall–Kier alpha value is -0.390. The maximum absolute atomic E-state index is 4.51. The average Bonchev–Trinajstić information content (AvgIpc) is 2.67. The minimum atomic E-state index is 0.524. The fourth-order valence-corrected chi connectivity index (χ4v) is 4.35. The van der Waals surface area contributed by atoms with Crippen molar-refractivity contribution in [2.75, 3.05) is 26.2 Å². The third-order valence-corrected chi connectivity index (χ3v) is 5.97. The molecule has 2 fully saturated rings. The summed E-state index contributed by atoms with van der Waals surface area (Å²) in [6.07, 6.45) is 5.45. The molecular formula is C15H25BrN4. The van der Waals surface area contributed by atoms with Crippen LogP contribution in [0.5, 0.6) is 0 Å². The quantitative estimate of drug-likeness (QED) is 0.897. The first-order chi connectivity index (χ1) is 9.60. The first-order valence-corrected chi connectivity index (χ1v) is 8.50. The van der Waals surface area contributed by atoms with Gasteiger partial charge in [-0.25, -0.2) is 0 Å². The summed E-state index contributed by atoms with van der Waals surface area (Å²) >= 11 is 3.69. The second-order valence-electron chi connectivity index (χ2n) is 6.56. The molecule has 2 aliphatic rings. The Balaban J connectivity index is 1.71. The van der Waals surface area contributed by atoms with E-state index in [1.165, 1.54) is 62.0 Å². The fourth-order valence-electron chi connectivity index (χ4n) is 3.89. The molecule has 0 saturated carbocycles. The van der Waals surface area contributed by atoms with Gasteiger partial charge in [-0.05, 0) is 67.0 Å². The molecule has 1 unspecified atom stereocenters. The number of aryl methyl sites for hydroxylation is 2. The molecule has 2 saturated heterocycles. The molecule has 3 rings (SSSR count). The third-order valence-electron chi connectivity index (χ3n) is 4.94. The molecule has 0 amide bonds. The van der Waals surface area contributed by atoms with Gasteiger partial charge in [0.15, 0.2) is 0 Å². The minimum Gasteiger partial charge on any atom is -0.316 e. The van der Waals surface area contributed by atoms with Crippen molar-refractivity contribution in [1.82, 2.24) is 20.0 Å². The van der Waals surface area contributed by atoms with Gasteiger partial charge >= 0.3 is 0 Å². The standard InChI is InChI=1S/C15H25BrN4/c1-12-14(16)13(19(2)18-12)9-20-8-4-6-15(11-20)5-3-7-17-10-15/h17H,3-11H2,1-2H3.